The number of hydrogen-bond donors (Lipinski definition) is 2. The predicted molar refractivity (Wildman–Crippen MR) is 114 cm³/mol. The van der Waals surface area contributed by atoms with Gasteiger partial charge in [0.25, 0.3) is 12.3 Å². The van der Waals surface area contributed by atoms with Crippen molar-refractivity contribution >= 4 is 28.5 Å². The van der Waals surface area contributed by atoms with Crippen molar-refractivity contribution in [1.82, 2.24) is 4.98 Å². The van der Waals surface area contributed by atoms with Crippen LogP contribution in [0.25, 0.3) is 0 Å². The van der Waals surface area contributed by atoms with Crippen molar-refractivity contribution in [3.8, 4) is 5.75 Å². The minimum absolute atomic E-state index is 0.00457. The number of anilines is 1. The van der Waals surface area contributed by atoms with E-state index in [1.165, 1.54) is 19.1 Å². The SMILES string of the molecule is C[C@]1(c2cc(NC(=O)c3ccc(OCC(F)(F)F)cn3)ccc2F)N=C(N)S[C@@]2(C(F)F)C[C@@H]12. The van der Waals surface area contributed by atoms with Gasteiger partial charge in [-0.2, -0.15) is 13.2 Å². The number of nitrogens with zero attached hydrogens (tertiary/aromatic N) is 2. The number of ether oxygens (including phenoxy) is 1. The topological polar surface area (TPSA) is 89.6 Å². The second kappa shape index (κ2) is 8.36. The van der Waals surface area contributed by atoms with Crippen LogP contribution in [0.3, 0.4) is 0 Å². The lowest BCUT2D eigenvalue weighted by molar-refractivity contribution is -0.153. The Morgan fingerprint density at radius 3 is 2.68 bits per heavy atom. The number of rotatable bonds is 6. The molecule has 0 unspecified atom stereocenters. The molecule has 2 heterocycles. The lowest BCUT2D eigenvalue weighted by atomic mass is 9.85. The van der Waals surface area contributed by atoms with Crippen LogP contribution in [0.5, 0.6) is 5.75 Å². The number of carbonyl (C=O) groups excluding carboxylic acids is 1. The van der Waals surface area contributed by atoms with Gasteiger partial charge in [0.05, 0.1) is 16.5 Å². The highest BCUT2D eigenvalue weighted by Crippen LogP contribution is 2.68. The van der Waals surface area contributed by atoms with E-state index in [-0.39, 0.29) is 34.3 Å². The van der Waals surface area contributed by atoms with Gasteiger partial charge in [0.1, 0.15) is 17.3 Å². The number of carbonyl (C=O) groups is 1. The molecule has 0 saturated heterocycles. The molecule has 3 N–H and O–H groups in total. The number of thioether (sulfide) groups is 1. The Hall–Kier alpha value is -2.96. The summed E-state index contributed by atoms with van der Waals surface area (Å²) in [5.74, 6) is -2.24. The molecule has 4 rings (SSSR count). The lowest BCUT2D eigenvalue weighted by Gasteiger charge is -2.34. The Kier molecular flexibility index (Phi) is 5.95. The van der Waals surface area contributed by atoms with Crippen molar-refractivity contribution < 1.29 is 35.9 Å². The number of pyridine rings is 1. The number of amidine groups is 1. The van der Waals surface area contributed by atoms with Crippen LogP contribution in [-0.4, -0.2) is 40.0 Å². The number of nitrogens with two attached hydrogens (primary N) is 1. The fourth-order valence-electron chi connectivity index (χ4n) is 4.06. The number of hydrogen-bond acceptors (Lipinski definition) is 6. The molecule has 13 heteroatoms. The smallest absolute Gasteiger partial charge is 0.422 e. The van der Waals surface area contributed by atoms with E-state index in [9.17, 15) is 31.1 Å². The highest BCUT2D eigenvalue weighted by molar-refractivity contribution is 8.15. The van der Waals surface area contributed by atoms with Crippen molar-refractivity contribution in [2.45, 2.75) is 36.2 Å². The molecule has 1 aliphatic heterocycles. The minimum Gasteiger partial charge on any atom is -0.483 e. The van der Waals surface area contributed by atoms with E-state index >= 15 is 0 Å². The Morgan fingerprint density at radius 1 is 1.32 bits per heavy atom. The maximum Gasteiger partial charge on any atom is 0.422 e. The predicted octanol–water partition coefficient (Wildman–Crippen LogP) is 4.71. The highest BCUT2D eigenvalue weighted by atomic mass is 32.2. The van der Waals surface area contributed by atoms with Crippen LogP contribution in [0, 0.1) is 11.7 Å². The maximum absolute atomic E-state index is 14.8. The molecule has 1 aromatic heterocycles. The minimum atomic E-state index is -4.52. The molecule has 1 saturated carbocycles. The number of alkyl halides is 5. The Labute approximate surface area is 194 Å². The molecule has 3 atom stereocenters. The summed E-state index contributed by atoms with van der Waals surface area (Å²) in [7, 11) is 0. The first kappa shape index (κ1) is 24.2. The fourth-order valence-corrected chi connectivity index (χ4v) is 5.39. The third-order valence-corrected chi connectivity index (χ3v) is 7.09. The molecular formula is C21H18F6N4O2S. The van der Waals surface area contributed by atoms with Gasteiger partial charge in [0.2, 0.25) is 0 Å². The monoisotopic (exact) mass is 504 g/mol. The average molecular weight is 504 g/mol. The molecule has 34 heavy (non-hydrogen) atoms. The molecule has 1 fully saturated rings. The molecule has 1 aliphatic carbocycles. The Morgan fingerprint density at radius 2 is 2.06 bits per heavy atom. The van der Waals surface area contributed by atoms with Gasteiger partial charge in [-0.25, -0.2) is 18.2 Å². The number of aliphatic imine (C=N–C) groups is 1. The zero-order chi connectivity index (χ0) is 24.9. The van der Waals surface area contributed by atoms with Gasteiger partial charge in [-0.15, -0.1) is 0 Å². The summed E-state index contributed by atoms with van der Waals surface area (Å²) in [5, 5.41) is 2.44. The summed E-state index contributed by atoms with van der Waals surface area (Å²) in [6.07, 6.45) is -6.12. The van der Waals surface area contributed by atoms with Crippen LogP contribution in [0.1, 0.15) is 29.4 Å². The normalized spacial score (nSPS) is 26.0. The Bertz CT molecular complexity index is 1140. The van der Waals surface area contributed by atoms with E-state index < -0.39 is 47.1 Å². The van der Waals surface area contributed by atoms with Crippen LogP contribution in [0.15, 0.2) is 41.5 Å². The molecule has 2 aliphatic rings. The van der Waals surface area contributed by atoms with E-state index in [0.717, 1.165) is 36.2 Å². The lowest BCUT2D eigenvalue weighted by Crippen LogP contribution is -2.38. The third kappa shape index (κ3) is 4.52. The molecular weight excluding hydrogens is 486 g/mol. The summed E-state index contributed by atoms with van der Waals surface area (Å²) in [6.45, 7) is 0.0241. The molecule has 0 spiro atoms. The van der Waals surface area contributed by atoms with Crippen molar-refractivity contribution in [2.75, 3.05) is 11.9 Å². The first-order chi connectivity index (χ1) is 15.8. The van der Waals surface area contributed by atoms with Crippen molar-refractivity contribution in [3.05, 3.63) is 53.6 Å². The van der Waals surface area contributed by atoms with Crippen LogP contribution in [-0.2, 0) is 5.54 Å². The van der Waals surface area contributed by atoms with Gasteiger partial charge < -0.3 is 15.8 Å². The molecule has 6 nitrogen and oxygen atoms in total. The van der Waals surface area contributed by atoms with E-state index in [0.29, 0.717) is 0 Å². The van der Waals surface area contributed by atoms with Gasteiger partial charge in [-0.05, 0) is 43.7 Å². The number of halogens is 6. The fraction of sp³-hybridized carbons (Fsp3) is 0.381. The van der Waals surface area contributed by atoms with E-state index in [1.807, 2.05) is 0 Å². The van der Waals surface area contributed by atoms with Gasteiger partial charge in [-0.1, -0.05) is 11.8 Å². The number of benzene rings is 1. The zero-order valence-corrected chi connectivity index (χ0v) is 18.3. The second-order valence-electron chi connectivity index (χ2n) is 8.14. The molecule has 2 aromatic rings. The largest absolute Gasteiger partial charge is 0.483 e. The summed E-state index contributed by atoms with van der Waals surface area (Å²) in [4.78, 5) is 20.6. The van der Waals surface area contributed by atoms with Crippen molar-refractivity contribution in [1.29, 1.82) is 0 Å². The first-order valence-electron chi connectivity index (χ1n) is 9.93. The average Bonchev–Trinajstić information content (AvgIpc) is 3.50. The third-order valence-electron chi connectivity index (χ3n) is 5.78. The Balaban J connectivity index is 1.53. The molecule has 0 radical (unpaired) electrons. The van der Waals surface area contributed by atoms with Crippen LogP contribution >= 0.6 is 11.8 Å². The van der Waals surface area contributed by atoms with Crippen LogP contribution in [0.4, 0.5) is 32.0 Å². The number of aromatic nitrogens is 1. The highest BCUT2D eigenvalue weighted by Gasteiger charge is 2.71. The molecule has 1 amide bonds. The maximum atomic E-state index is 14.8. The van der Waals surface area contributed by atoms with Crippen molar-refractivity contribution in [2.24, 2.45) is 16.6 Å². The van der Waals surface area contributed by atoms with Crippen LogP contribution < -0.4 is 15.8 Å². The van der Waals surface area contributed by atoms with E-state index in [4.69, 9.17) is 5.73 Å². The standard InChI is InChI=1S/C21H18F6N4O2S/c1-19(15-7-20(15,17(23)24)34-18(28)31-19)12-6-10(2-4-13(12)22)30-16(32)14-5-3-11(8-29-14)33-9-21(25,26)27/h2-6,8,15,17H,7,9H2,1H3,(H2,28,31)(H,30,32)/t15-,19+,20-/m0/s1. The number of amides is 1. The van der Waals surface area contributed by atoms with Gasteiger partial charge >= 0.3 is 6.18 Å². The molecule has 0 bridgehead atoms. The van der Waals surface area contributed by atoms with Gasteiger partial charge in [0, 0.05) is 17.2 Å². The number of fused-ring (bicyclic) bond motifs is 1. The van der Waals surface area contributed by atoms with E-state index in [1.54, 1.807) is 0 Å². The quantitative estimate of drug-likeness (QED) is 0.556. The van der Waals surface area contributed by atoms with Gasteiger partial charge in [0.15, 0.2) is 11.8 Å². The molecule has 1 aromatic carbocycles. The summed E-state index contributed by atoms with van der Waals surface area (Å²) < 4.78 is 82.0. The van der Waals surface area contributed by atoms with Crippen molar-refractivity contribution in [3.63, 3.8) is 0 Å². The second-order valence-corrected chi connectivity index (χ2v) is 9.53. The van der Waals surface area contributed by atoms with Gasteiger partial charge in [-0.3, -0.25) is 9.79 Å². The first-order valence-corrected chi connectivity index (χ1v) is 10.8. The van der Waals surface area contributed by atoms with Crippen LogP contribution in [0.2, 0.25) is 0 Å². The zero-order valence-electron chi connectivity index (χ0n) is 17.5. The summed E-state index contributed by atoms with van der Waals surface area (Å²) >= 11 is 0.796. The summed E-state index contributed by atoms with van der Waals surface area (Å²) in [5.41, 5.74) is 4.46. The molecule has 182 valence electrons. The van der Waals surface area contributed by atoms with E-state index in [2.05, 4.69) is 20.0 Å². The summed E-state index contributed by atoms with van der Waals surface area (Å²) in [6, 6.07) is 5.97. The number of nitrogens with one attached hydrogen (secondary N) is 1.